The fourth-order valence-electron chi connectivity index (χ4n) is 2.22. The van der Waals surface area contributed by atoms with Crippen LogP contribution in [0.3, 0.4) is 0 Å². The van der Waals surface area contributed by atoms with Crippen molar-refractivity contribution in [1.29, 1.82) is 0 Å². The number of anilines is 1. The number of aromatic nitrogens is 3. The monoisotopic (exact) mass is 341 g/mol. The number of nitrogens with zero attached hydrogens (tertiary/aromatic N) is 2. The smallest absolute Gasteiger partial charge is 0.320 e. The van der Waals surface area contributed by atoms with E-state index in [4.69, 9.17) is 4.74 Å². The molecule has 0 aliphatic carbocycles. The Morgan fingerprint density at radius 2 is 2.04 bits per heavy atom. The minimum Gasteiger partial charge on any atom is -0.494 e. The summed E-state index contributed by atoms with van der Waals surface area (Å²) in [4.78, 5) is 15.9. The molecular formula is C17H16FN5O2. The second-order valence-electron chi connectivity index (χ2n) is 5.18. The molecule has 0 radical (unpaired) electrons. The van der Waals surface area contributed by atoms with Gasteiger partial charge in [0.05, 0.1) is 12.8 Å². The molecule has 0 saturated heterocycles. The number of carbonyl (C=O) groups is 1. The van der Waals surface area contributed by atoms with E-state index in [0.29, 0.717) is 11.4 Å². The molecule has 2 heterocycles. The Morgan fingerprint density at radius 3 is 2.80 bits per heavy atom. The molecule has 2 aromatic heterocycles. The molecule has 1 aromatic carbocycles. The number of rotatable bonds is 5. The van der Waals surface area contributed by atoms with Gasteiger partial charge in [0, 0.05) is 30.6 Å². The van der Waals surface area contributed by atoms with Crippen LogP contribution in [0, 0.1) is 5.82 Å². The summed E-state index contributed by atoms with van der Waals surface area (Å²) in [6.45, 7) is 0.226. The average Bonchev–Trinajstić information content (AvgIpc) is 3.10. The van der Waals surface area contributed by atoms with Crippen molar-refractivity contribution in [3.05, 3.63) is 60.2 Å². The lowest BCUT2D eigenvalue weighted by Gasteiger charge is -2.07. The number of H-pyrrole nitrogens is 1. The number of methoxy groups -OCH3 is 1. The molecule has 0 atom stereocenters. The first-order valence-electron chi connectivity index (χ1n) is 7.49. The van der Waals surface area contributed by atoms with Crippen molar-refractivity contribution in [3.63, 3.8) is 0 Å². The van der Waals surface area contributed by atoms with Gasteiger partial charge in [-0.2, -0.15) is 5.10 Å². The summed E-state index contributed by atoms with van der Waals surface area (Å²) in [7, 11) is 1.39. The van der Waals surface area contributed by atoms with E-state index < -0.39 is 11.8 Å². The first kappa shape index (κ1) is 16.4. The predicted octanol–water partition coefficient (Wildman–Crippen LogP) is 2.94. The summed E-state index contributed by atoms with van der Waals surface area (Å²) in [6.07, 6.45) is 3.35. The van der Waals surface area contributed by atoms with Gasteiger partial charge in [0.15, 0.2) is 17.4 Å². The lowest BCUT2D eigenvalue weighted by Crippen LogP contribution is -2.28. The largest absolute Gasteiger partial charge is 0.494 e. The Labute approximate surface area is 143 Å². The van der Waals surface area contributed by atoms with Crippen LogP contribution in [0.2, 0.25) is 0 Å². The van der Waals surface area contributed by atoms with Gasteiger partial charge in [-0.15, -0.1) is 0 Å². The first-order valence-corrected chi connectivity index (χ1v) is 7.49. The summed E-state index contributed by atoms with van der Waals surface area (Å²) in [5.74, 6) is 0.0749. The van der Waals surface area contributed by atoms with E-state index in [2.05, 4.69) is 25.8 Å². The highest BCUT2D eigenvalue weighted by Gasteiger charge is 2.08. The van der Waals surface area contributed by atoms with Gasteiger partial charge in [-0.05, 0) is 29.8 Å². The molecule has 0 aliphatic heterocycles. The molecule has 128 valence electrons. The van der Waals surface area contributed by atoms with Gasteiger partial charge in [-0.1, -0.05) is 6.07 Å². The van der Waals surface area contributed by atoms with Crippen molar-refractivity contribution in [3.8, 4) is 17.0 Å². The van der Waals surface area contributed by atoms with Crippen molar-refractivity contribution in [2.24, 2.45) is 0 Å². The molecule has 0 spiro atoms. The highest BCUT2D eigenvalue weighted by molar-refractivity contribution is 5.88. The van der Waals surface area contributed by atoms with Crippen LogP contribution < -0.4 is 15.4 Å². The minimum atomic E-state index is -0.448. The number of hydrogen-bond donors (Lipinski definition) is 3. The van der Waals surface area contributed by atoms with Gasteiger partial charge in [-0.25, -0.2) is 9.18 Å². The lowest BCUT2D eigenvalue weighted by molar-refractivity contribution is 0.251. The van der Waals surface area contributed by atoms with Crippen LogP contribution in [0.25, 0.3) is 11.3 Å². The number of amides is 2. The number of aromatic amines is 1. The van der Waals surface area contributed by atoms with E-state index >= 15 is 0 Å². The van der Waals surface area contributed by atoms with Crippen molar-refractivity contribution in [2.75, 3.05) is 12.4 Å². The maximum absolute atomic E-state index is 13.4. The molecule has 0 aliphatic rings. The molecule has 3 aromatic rings. The molecule has 0 fully saturated rings. The van der Waals surface area contributed by atoms with Gasteiger partial charge in [0.2, 0.25) is 0 Å². The highest BCUT2D eigenvalue weighted by atomic mass is 19.1. The normalized spacial score (nSPS) is 10.3. The Kier molecular flexibility index (Phi) is 4.89. The van der Waals surface area contributed by atoms with Crippen LogP contribution >= 0.6 is 0 Å². The van der Waals surface area contributed by atoms with Gasteiger partial charge in [0.1, 0.15) is 0 Å². The first-order chi connectivity index (χ1) is 12.2. The fraction of sp³-hybridized carbons (Fsp3) is 0.118. The van der Waals surface area contributed by atoms with Gasteiger partial charge in [-0.3, -0.25) is 15.4 Å². The Morgan fingerprint density at radius 1 is 1.24 bits per heavy atom. The van der Waals surface area contributed by atoms with E-state index in [1.54, 1.807) is 24.5 Å². The zero-order valence-corrected chi connectivity index (χ0v) is 13.4. The second kappa shape index (κ2) is 7.43. The number of halogens is 1. The molecule has 8 heteroatoms. The maximum Gasteiger partial charge on any atom is 0.320 e. The van der Waals surface area contributed by atoms with Crippen LogP contribution in [0.5, 0.6) is 5.75 Å². The van der Waals surface area contributed by atoms with Crippen LogP contribution in [-0.2, 0) is 6.54 Å². The number of nitrogens with one attached hydrogen (secondary N) is 3. The summed E-state index contributed by atoms with van der Waals surface area (Å²) in [6, 6.07) is 9.37. The SMILES string of the molecule is COc1cc(CNC(=O)Nc2cc(-c3ccncc3)[nH]n2)ccc1F. The number of ether oxygens (including phenoxy) is 1. The molecule has 7 nitrogen and oxygen atoms in total. The summed E-state index contributed by atoms with van der Waals surface area (Å²) < 4.78 is 18.3. The Balaban J connectivity index is 1.57. The van der Waals surface area contributed by atoms with Crippen molar-refractivity contribution >= 4 is 11.8 Å². The predicted molar refractivity (Wildman–Crippen MR) is 90.6 cm³/mol. The zero-order valence-electron chi connectivity index (χ0n) is 13.4. The molecule has 3 rings (SSSR count). The van der Waals surface area contributed by atoms with E-state index in [9.17, 15) is 9.18 Å². The third-order valence-corrected chi connectivity index (χ3v) is 3.48. The maximum atomic E-state index is 13.4. The Hall–Kier alpha value is -3.42. The van der Waals surface area contributed by atoms with Crippen molar-refractivity contribution in [1.82, 2.24) is 20.5 Å². The lowest BCUT2D eigenvalue weighted by atomic mass is 10.2. The van der Waals surface area contributed by atoms with E-state index in [-0.39, 0.29) is 12.3 Å². The summed E-state index contributed by atoms with van der Waals surface area (Å²) in [5, 5.41) is 12.2. The van der Waals surface area contributed by atoms with Crippen molar-refractivity contribution in [2.45, 2.75) is 6.54 Å². The van der Waals surface area contributed by atoms with Crippen LogP contribution in [0.15, 0.2) is 48.8 Å². The fourth-order valence-corrected chi connectivity index (χ4v) is 2.22. The minimum absolute atomic E-state index is 0.133. The van der Waals surface area contributed by atoms with Gasteiger partial charge >= 0.3 is 6.03 Å². The molecule has 0 unspecified atom stereocenters. The second-order valence-corrected chi connectivity index (χ2v) is 5.18. The zero-order chi connectivity index (χ0) is 17.6. The van der Waals surface area contributed by atoms with E-state index in [1.807, 2.05) is 12.1 Å². The molecule has 3 N–H and O–H groups in total. The standard InChI is InChI=1S/C17H16FN5O2/c1-25-15-8-11(2-3-13(15)18)10-20-17(24)21-16-9-14(22-23-16)12-4-6-19-7-5-12/h2-9H,10H2,1H3,(H3,20,21,22,23,24). The molecule has 2 amide bonds. The quantitative estimate of drug-likeness (QED) is 0.665. The topological polar surface area (TPSA) is 91.9 Å². The summed E-state index contributed by atoms with van der Waals surface area (Å²) in [5.41, 5.74) is 2.39. The summed E-state index contributed by atoms with van der Waals surface area (Å²) >= 11 is 0. The molecule has 0 bridgehead atoms. The van der Waals surface area contributed by atoms with E-state index in [0.717, 1.165) is 11.3 Å². The average molecular weight is 341 g/mol. The molecule has 25 heavy (non-hydrogen) atoms. The number of pyridine rings is 1. The Bertz CT molecular complexity index is 866. The number of carbonyl (C=O) groups excluding carboxylic acids is 1. The molecular weight excluding hydrogens is 325 g/mol. The third kappa shape index (κ3) is 4.11. The number of benzene rings is 1. The van der Waals surface area contributed by atoms with Crippen molar-refractivity contribution < 1.29 is 13.9 Å². The highest BCUT2D eigenvalue weighted by Crippen LogP contribution is 2.19. The van der Waals surface area contributed by atoms with Crippen LogP contribution in [0.4, 0.5) is 15.0 Å². The number of hydrogen-bond acceptors (Lipinski definition) is 4. The number of urea groups is 1. The van der Waals surface area contributed by atoms with Crippen LogP contribution in [-0.4, -0.2) is 28.3 Å². The van der Waals surface area contributed by atoms with Gasteiger partial charge in [0.25, 0.3) is 0 Å². The third-order valence-electron chi connectivity index (χ3n) is 3.48. The van der Waals surface area contributed by atoms with E-state index in [1.165, 1.54) is 19.2 Å². The van der Waals surface area contributed by atoms with Gasteiger partial charge < -0.3 is 10.1 Å². The van der Waals surface area contributed by atoms with Crippen LogP contribution in [0.1, 0.15) is 5.56 Å². The molecule has 0 saturated carbocycles.